The SMILES string of the molecule is C[C@]12CC[C@H]3[C@@H](CCC4CC(=O)CC[C@@]43C)[C@@H]1CC[C@@H]2CC#N. The fourth-order valence-corrected chi connectivity index (χ4v) is 7.60. The Morgan fingerprint density at radius 3 is 2.61 bits per heavy atom. The van der Waals surface area contributed by atoms with Crippen LogP contribution in [-0.4, -0.2) is 5.78 Å². The van der Waals surface area contributed by atoms with E-state index in [1.165, 1.54) is 38.5 Å². The number of nitrogens with zero attached hydrogens (tertiary/aromatic N) is 1. The van der Waals surface area contributed by atoms with Crippen molar-refractivity contribution in [1.29, 1.82) is 5.26 Å². The molecular formula is C21H31NO. The third kappa shape index (κ3) is 2.15. The number of hydrogen-bond donors (Lipinski definition) is 0. The van der Waals surface area contributed by atoms with Crippen molar-refractivity contribution in [3.63, 3.8) is 0 Å². The maximum absolute atomic E-state index is 11.9. The highest BCUT2D eigenvalue weighted by molar-refractivity contribution is 5.79. The number of carbonyl (C=O) groups is 1. The topological polar surface area (TPSA) is 40.9 Å². The fourth-order valence-electron chi connectivity index (χ4n) is 7.60. The van der Waals surface area contributed by atoms with Crippen molar-refractivity contribution in [2.45, 2.75) is 78.1 Å². The summed E-state index contributed by atoms with van der Waals surface area (Å²) >= 11 is 0. The average molecular weight is 313 g/mol. The molecule has 126 valence electrons. The molecular weight excluding hydrogens is 282 g/mol. The van der Waals surface area contributed by atoms with Gasteiger partial charge in [-0.2, -0.15) is 5.26 Å². The first kappa shape index (κ1) is 15.7. The van der Waals surface area contributed by atoms with E-state index in [-0.39, 0.29) is 0 Å². The van der Waals surface area contributed by atoms with Gasteiger partial charge in [0, 0.05) is 19.3 Å². The molecule has 7 atom stereocenters. The third-order valence-corrected chi connectivity index (χ3v) is 9.02. The molecule has 0 bridgehead atoms. The fraction of sp³-hybridized carbons (Fsp3) is 0.905. The van der Waals surface area contributed by atoms with Crippen LogP contribution in [0.15, 0.2) is 0 Å². The second kappa shape index (κ2) is 5.33. The Hall–Kier alpha value is -0.840. The summed E-state index contributed by atoms with van der Waals surface area (Å²) in [4.78, 5) is 11.9. The summed E-state index contributed by atoms with van der Waals surface area (Å²) < 4.78 is 0. The third-order valence-electron chi connectivity index (χ3n) is 9.02. The smallest absolute Gasteiger partial charge is 0.133 e. The number of rotatable bonds is 1. The van der Waals surface area contributed by atoms with E-state index < -0.39 is 0 Å². The lowest BCUT2D eigenvalue weighted by Crippen LogP contribution is -2.53. The predicted molar refractivity (Wildman–Crippen MR) is 90.5 cm³/mol. The summed E-state index contributed by atoms with van der Waals surface area (Å²) in [6.45, 7) is 5.02. The van der Waals surface area contributed by atoms with Crippen LogP contribution in [0.1, 0.15) is 78.1 Å². The van der Waals surface area contributed by atoms with Crippen LogP contribution < -0.4 is 0 Å². The van der Waals surface area contributed by atoms with Crippen LogP contribution in [0.5, 0.6) is 0 Å². The number of nitriles is 1. The Balaban J connectivity index is 1.60. The van der Waals surface area contributed by atoms with Crippen LogP contribution in [-0.2, 0) is 4.79 Å². The van der Waals surface area contributed by atoms with Gasteiger partial charge in [-0.3, -0.25) is 4.79 Å². The number of carbonyl (C=O) groups excluding carboxylic acids is 1. The highest BCUT2D eigenvalue weighted by Crippen LogP contribution is 2.67. The summed E-state index contributed by atoms with van der Waals surface area (Å²) in [5.41, 5.74) is 0.843. The first-order valence-corrected chi connectivity index (χ1v) is 9.87. The molecule has 0 radical (unpaired) electrons. The van der Waals surface area contributed by atoms with E-state index in [0.717, 1.165) is 43.4 Å². The molecule has 0 aromatic rings. The zero-order valence-corrected chi connectivity index (χ0v) is 14.8. The van der Waals surface area contributed by atoms with Crippen molar-refractivity contribution in [2.24, 2.45) is 40.4 Å². The number of Topliss-reactive ketones (excluding diaryl/α,β-unsaturated/α-hetero) is 1. The van der Waals surface area contributed by atoms with Gasteiger partial charge in [-0.15, -0.1) is 0 Å². The molecule has 2 heteroatoms. The molecule has 0 aromatic carbocycles. The largest absolute Gasteiger partial charge is 0.300 e. The Morgan fingerprint density at radius 2 is 1.83 bits per heavy atom. The van der Waals surface area contributed by atoms with Crippen LogP contribution in [0.2, 0.25) is 0 Å². The normalized spacial score (nSPS) is 52.2. The lowest BCUT2D eigenvalue weighted by molar-refractivity contribution is -0.139. The molecule has 0 aliphatic heterocycles. The summed E-state index contributed by atoms with van der Waals surface area (Å²) in [5, 5.41) is 9.20. The first-order chi connectivity index (χ1) is 11.0. The average Bonchev–Trinajstić information content (AvgIpc) is 2.85. The van der Waals surface area contributed by atoms with E-state index in [1.54, 1.807) is 0 Å². The van der Waals surface area contributed by atoms with Crippen molar-refractivity contribution in [2.75, 3.05) is 0 Å². The highest BCUT2D eigenvalue weighted by Gasteiger charge is 2.59. The van der Waals surface area contributed by atoms with Crippen LogP contribution >= 0.6 is 0 Å². The monoisotopic (exact) mass is 313 g/mol. The maximum Gasteiger partial charge on any atom is 0.133 e. The van der Waals surface area contributed by atoms with Crippen molar-refractivity contribution in [3.05, 3.63) is 0 Å². The molecule has 23 heavy (non-hydrogen) atoms. The van der Waals surface area contributed by atoms with Gasteiger partial charge in [-0.1, -0.05) is 13.8 Å². The minimum absolute atomic E-state index is 0.421. The molecule has 0 spiro atoms. The molecule has 4 fully saturated rings. The molecule has 0 amide bonds. The van der Waals surface area contributed by atoms with E-state index in [9.17, 15) is 10.1 Å². The molecule has 0 aromatic heterocycles. The van der Waals surface area contributed by atoms with Gasteiger partial charge >= 0.3 is 0 Å². The summed E-state index contributed by atoms with van der Waals surface area (Å²) in [7, 11) is 0. The molecule has 4 rings (SSSR count). The van der Waals surface area contributed by atoms with Crippen LogP contribution in [0.4, 0.5) is 0 Å². The first-order valence-electron chi connectivity index (χ1n) is 9.87. The Morgan fingerprint density at radius 1 is 1.04 bits per heavy atom. The summed E-state index contributed by atoms with van der Waals surface area (Å²) in [6, 6.07) is 2.46. The predicted octanol–water partition coefficient (Wildman–Crippen LogP) is 5.13. The molecule has 2 nitrogen and oxygen atoms in total. The number of ketones is 1. The molecule has 1 unspecified atom stereocenters. The number of fused-ring (bicyclic) bond motifs is 5. The highest BCUT2D eigenvalue weighted by atomic mass is 16.1. The second-order valence-electron chi connectivity index (χ2n) is 9.58. The molecule has 0 N–H and O–H groups in total. The van der Waals surface area contributed by atoms with Gasteiger partial charge < -0.3 is 0 Å². The minimum atomic E-state index is 0.421. The van der Waals surface area contributed by atoms with E-state index in [1.807, 2.05) is 0 Å². The minimum Gasteiger partial charge on any atom is -0.300 e. The molecule has 0 heterocycles. The zero-order valence-electron chi connectivity index (χ0n) is 14.8. The maximum atomic E-state index is 11.9. The summed E-state index contributed by atoms with van der Waals surface area (Å²) in [5.74, 6) is 4.36. The van der Waals surface area contributed by atoms with Gasteiger partial charge in [0.2, 0.25) is 0 Å². The van der Waals surface area contributed by atoms with E-state index in [4.69, 9.17) is 0 Å². The van der Waals surface area contributed by atoms with Crippen LogP contribution in [0.25, 0.3) is 0 Å². The van der Waals surface area contributed by atoms with Gasteiger partial charge in [-0.25, -0.2) is 0 Å². The molecule has 0 saturated heterocycles. The van der Waals surface area contributed by atoms with E-state index in [2.05, 4.69) is 19.9 Å². The Bertz CT molecular complexity index is 549. The lowest BCUT2D eigenvalue weighted by Gasteiger charge is -2.60. The number of hydrogen-bond acceptors (Lipinski definition) is 2. The van der Waals surface area contributed by atoms with Crippen LogP contribution in [0.3, 0.4) is 0 Å². The Labute approximate surface area is 141 Å². The van der Waals surface area contributed by atoms with Gasteiger partial charge in [-0.05, 0) is 85.4 Å². The van der Waals surface area contributed by atoms with Gasteiger partial charge in [0.1, 0.15) is 5.78 Å². The zero-order chi connectivity index (χ0) is 16.2. The Kier molecular flexibility index (Phi) is 3.63. The van der Waals surface area contributed by atoms with E-state index >= 15 is 0 Å². The van der Waals surface area contributed by atoms with Gasteiger partial charge in [0.15, 0.2) is 0 Å². The van der Waals surface area contributed by atoms with Gasteiger partial charge in [0.25, 0.3) is 0 Å². The van der Waals surface area contributed by atoms with Crippen molar-refractivity contribution < 1.29 is 4.79 Å². The van der Waals surface area contributed by atoms with Crippen molar-refractivity contribution in [1.82, 2.24) is 0 Å². The van der Waals surface area contributed by atoms with Crippen LogP contribution in [0, 0.1) is 51.8 Å². The molecule has 4 aliphatic carbocycles. The standard InChI is InChI=1S/C21H31NO/c1-20-11-8-19-17(18(20)6-4-14(20)9-12-22)5-3-15-13-16(23)7-10-21(15,19)2/h14-15,17-19H,3-11,13H2,1-2H3/t14-,15?,17+,18+,19+,20-,21+/m1/s1. The molecule has 4 aliphatic rings. The molecule has 4 saturated carbocycles. The second-order valence-corrected chi connectivity index (χ2v) is 9.58. The summed E-state index contributed by atoms with van der Waals surface area (Å²) in [6.07, 6.45) is 11.5. The quantitative estimate of drug-likeness (QED) is 0.673. The van der Waals surface area contributed by atoms with Crippen molar-refractivity contribution in [3.8, 4) is 6.07 Å². The lowest BCUT2D eigenvalue weighted by atomic mass is 9.45. The van der Waals surface area contributed by atoms with Gasteiger partial charge in [0.05, 0.1) is 6.07 Å². The van der Waals surface area contributed by atoms with E-state index in [0.29, 0.717) is 28.4 Å². The van der Waals surface area contributed by atoms with Crippen molar-refractivity contribution >= 4 is 5.78 Å².